The molecule has 10 aromatic carbocycles. The van der Waals surface area contributed by atoms with Crippen LogP contribution in [0.25, 0.3) is 88.3 Å². The molecule has 63 heavy (non-hydrogen) atoms. The fourth-order valence-electron chi connectivity index (χ4n) is 10.3. The van der Waals surface area contributed by atoms with Crippen molar-refractivity contribution in [3.63, 3.8) is 0 Å². The fraction of sp³-hybridized carbons (Fsp3) is 0.0492. The van der Waals surface area contributed by atoms with Gasteiger partial charge in [0.15, 0.2) is 0 Å². The number of para-hydroxylation sites is 2. The van der Waals surface area contributed by atoms with Gasteiger partial charge < -0.3 is 9.32 Å². The van der Waals surface area contributed by atoms with Crippen LogP contribution in [0.2, 0.25) is 0 Å². The first kappa shape index (κ1) is 36.9. The molecule has 1 aliphatic carbocycles. The summed E-state index contributed by atoms with van der Waals surface area (Å²) in [6, 6.07) is 81.6. The van der Waals surface area contributed by atoms with Gasteiger partial charge in [-0.2, -0.15) is 0 Å². The maximum atomic E-state index is 6.61. The van der Waals surface area contributed by atoms with E-state index in [-0.39, 0.29) is 5.41 Å². The highest BCUT2D eigenvalue weighted by atomic mass is 16.3. The molecule has 0 fully saturated rings. The summed E-state index contributed by atoms with van der Waals surface area (Å²) in [6.07, 6.45) is 0. The first-order chi connectivity index (χ1) is 31.0. The Bertz CT molecular complexity index is 3520. The highest BCUT2D eigenvalue weighted by molar-refractivity contribution is 6.19. The third-order valence-electron chi connectivity index (χ3n) is 13.3. The van der Waals surface area contributed by atoms with Crippen molar-refractivity contribution in [1.29, 1.82) is 0 Å². The lowest BCUT2D eigenvalue weighted by Gasteiger charge is -2.30. The van der Waals surface area contributed by atoms with Gasteiger partial charge >= 0.3 is 0 Å². The number of rotatable bonds is 7. The molecule has 2 heteroatoms. The van der Waals surface area contributed by atoms with Gasteiger partial charge in [-0.1, -0.05) is 202 Å². The second-order valence-corrected chi connectivity index (χ2v) is 17.2. The fourth-order valence-corrected chi connectivity index (χ4v) is 10.3. The van der Waals surface area contributed by atoms with Crippen molar-refractivity contribution in [2.45, 2.75) is 19.3 Å². The zero-order valence-corrected chi connectivity index (χ0v) is 35.2. The van der Waals surface area contributed by atoms with Crippen LogP contribution in [0, 0.1) is 0 Å². The smallest absolute Gasteiger partial charge is 0.143 e. The van der Waals surface area contributed by atoms with E-state index in [9.17, 15) is 0 Å². The van der Waals surface area contributed by atoms with Crippen molar-refractivity contribution < 1.29 is 4.42 Å². The number of hydrogen-bond acceptors (Lipinski definition) is 2. The number of benzene rings is 10. The van der Waals surface area contributed by atoms with Crippen LogP contribution in [-0.2, 0) is 5.41 Å². The number of furan rings is 1. The van der Waals surface area contributed by atoms with Crippen LogP contribution >= 0.6 is 0 Å². The van der Waals surface area contributed by atoms with Gasteiger partial charge in [-0.3, -0.25) is 0 Å². The van der Waals surface area contributed by atoms with Crippen LogP contribution in [0.3, 0.4) is 0 Å². The molecular formula is C61H43NO. The van der Waals surface area contributed by atoms with Gasteiger partial charge in [-0.05, 0) is 97.4 Å². The molecule has 298 valence electrons. The Balaban J connectivity index is 1.05. The Morgan fingerprint density at radius 2 is 0.921 bits per heavy atom. The third-order valence-corrected chi connectivity index (χ3v) is 13.3. The lowest BCUT2D eigenvalue weighted by atomic mass is 9.82. The summed E-state index contributed by atoms with van der Waals surface area (Å²) < 4.78 is 6.61. The third kappa shape index (κ3) is 5.94. The standard InChI is InChI=1S/C61H43NO/c1-61(2)53-25-11-8-22-51(53)58-50(24-14-26-54(58)61)49-21-10-13-28-56(49)62(55-27-12-9-19-46(55)43-32-30-41(31-33-43)40-16-4-3-5-17-40)45-37-34-44(35-38-45)47-23-15-29-57-59(47)52-39-36-42-18-6-7-20-48(42)60(52)63-57/h3-39H,1-2H3. The molecule has 1 heterocycles. The maximum absolute atomic E-state index is 6.61. The Hall–Kier alpha value is -7.94. The summed E-state index contributed by atoms with van der Waals surface area (Å²) in [4.78, 5) is 2.46. The normalized spacial score (nSPS) is 12.7. The van der Waals surface area contributed by atoms with Crippen LogP contribution < -0.4 is 4.90 Å². The lowest BCUT2D eigenvalue weighted by Crippen LogP contribution is -2.15. The summed E-state index contributed by atoms with van der Waals surface area (Å²) in [5.74, 6) is 0. The van der Waals surface area contributed by atoms with Gasteiger partial charge in [0.05, 0.1) is 11.4 Å². The molecule has 0 saturated heterocycles. The molecule has 0 bridgehead atoms. The van der Waals surface area contributed by atoms with E-state index in [0.29, 0.717) is 0 Å². The molecular weight excluding hydrogens is 763 g/mol. The molecule has 0 unspecified atom stereocenters. The van der Waals surface area contributed by atoms with E-state index in [2.05, 4.69) is 243 Å². The van der Waals surface area contributed by atoms with E-state index in [0.717, 1.165) is 66.6 Å². The second kappa shape index (κ2) is 14.6. The molecule has 2 nitrogen and oxygen atoms in total. The number of anilines is 3. The highest BCUT2D eigenvalue weighted by Crippen LogP contribution is 2.54. The van der Waals surface area contributed by atoms with Gasteiger partial charge in [0, 0.05) is 38.4 Å². The van der Waals surface area contributed by atoms with Crippen molar-refractivity contribution in [1.82, 2.24) is 0 Å². The van der Waals surface area contributed by atoms with Crippen molar-refractivity contribution in [3.8, 4) is 55.6 Å². The molecule has 11 aromatic rings. The SMILES string of the molecule is CC1(C)c2ccccc2-c2c(-c3ccccc3N(c3ccc(-c4cccc5oc6c7ccccc7ccc6c45)cc3)c3ccccc3-c3ccc(-c4ccccc4)cc3)cccc21. The molecule has 0 aliphatic heterocycles. The minimum absolute atomic E-state index is 0.110. The molecule has 0 spiro atoms. The van der Waals surface area contributed by atoms with Crippen LogP contribution in [-0.4, -0.2) is 0 Å². The number of nitrogens with zero attached hydrogens (tertiary/aromatic N) is 1. The Morgan fingerprint density at radius 3 is 1.73 bits per heavy atom. The Kier molecular flexibility index (Phi) is 8.55. The summed E-state index contributed by atoms with van der Waals surface area (Å²) in [5.41, 5.74) is 19.8. The molecule has 1 aliphatic rings. The van der Waals surface area contributed by atoms with Crippen molar-refractivity contribution in [2.75, 3.05) is 4.90 Å². The second-order valence-electron chi connectivity index (χ2n) is 17.2. The van der Waals surface area contributed by atoms with Gasteiger partial charge in [-0.15, -0.1) is 0 Å². The molecule has 0 atom stereocenters. The molecule has 12 rings (SSSR count). The summed E-state index contributed by atoms with van der Waals surface area (Å²) in [7, 11) is 0. The topological polar surface area (TPSA) is 16.4 Å². The predicted molar refractivity (Wildman–Crippen MR) is 265 cm³/mol. The zero-order valence-electron chi connectivity index (χ0n) is 35.2. The summed E-state index contributed by atoms with van der Waals surface area (Å²) >= 11 is 0. The minimum Gasteiger partial charge on any atom is -0.455 e. The average molecular weight is 806 g/mol. The van der Waals surface area contributed by atoms with E-state index in [1.807, 2.05) is 0 Å². The van der Waals surface area contributed by atoms with E-state index >= 15 is 0 Å². The highest BCUT2D eigenvalue weighted by Gasteiger charge is 2.37. The molecule has 0 amide bonds. The Labute approximate surface area is 368 Å². The van der Waals surface area contributed by atoms with E-state index in [1.54, 1.807) is 0 Å². The summed E-state index contributed by atoms with van der Waals surface area (Å²) in [6.45, 7) is 4.71. The molecule has 0 saturated carbocycles. The van der Waals surface area contributed by atoms with Crippen LogP contribution in [0.1, 0.15) is 25.0 Å². The lowest BCUT2D eigenvalue weighted by molar-refractivity contribution is 0.660. The largest absolute Gasteiger partial charge is 0.455 e. The summed E-state index contributed by atoms with van der Waals surface area (Å²) in [5, 5.41) is 4.58. The van der Waals surface area contributed by atoms with E-state index in [1.165, 1.54) is 49.9 Å². The molecule has 0 N–H and O–H groups in total. The monoisotopic (exact) mass is 805 g/mol. The van der Waals surface area contributed by atoms with Gasteiger partial charge in [-0.25, -0.2) is 0 Å². The predicted octanol–water partition coefficient (Wildman–Crippen LogP) is 17.2. The van der Waals surface area contributed by atoms with E-state index in [4.69, 9.17) is 4.42 Å². The first-order valence-corrected chi connectivity index (χ1v) is 21.8. The van der Waals surface area contributed by atoms with Crippen molar-refractivity contribution in [2.24, 2.45) is 0 Å². The Morgan fingerprint density at radius 1 is 0.365 bits per heavy atom. The van der Waals surface area contributed by atoms with E-state index < -0.39 is 0 Å². The number of fused-ring (bicyclic) bond motifs is 8. The quantitative estimate of drug-likeness (QED) is 0.160. The number of hydrogen-bond donors (Lipinski definition) is 0. The zero-order chi connectivity index (χ0) is 42.1. The van der Waals surface area contributed by atoms with Crippen molar-refractivity contribution in [3.05, 3.63) is 236 Å². The maximum Gasteiger partial charge on any atom is 0.143 e. The first-order valence-electron chi connectivity index (χ1n) is 21.8. The minimum atomic E-state index is -0.110. The van der Waals surface area contributed by atoms with Gasteiger partial charge in [0.1, 0.15) is 11.2 Å². The van der Waals surface area contributed by atoms with Crippen LogP contribution in [0.15, 0.2) is 229 Å². The molecule has 1 aromatic heterocycles. The van der Waals surface area contributed by atoms with Crippen LogP contribution in [0.4, 0.5) is 17.1 Å². The van der Waals surface area contributed by atoms with Crippen molar-refractivity contribution >= 4 is 49.8 Å². The van der Waals surface area contributed by atoms with Gasteiger partial charge in [0.25, 0.3) is 0 Å². The van der Waals surface area contributed by atoms with Crippen LogP contribution in [0.5, 0.6) is 0 Å². The molecule has 0 radical (unpaired) electrons. The average Bonchev–Trinajstić information content (AvgIpc) is 3.85. The van der Waals surface area contributed by atoms with Gasteiger partial charge in [0.2, 0.25) is 0 Å².